The van der Waals surface area contributed by atoms with Gasteiger partial charge in [0.25, 0.3) is 5.56 Å². The summed E-state index contributed by atoms with van der Waals surface area (Å²) >= 11 is 0. The number of benzene rings is 1. The molecule has 2 aromatic heterocycles. The van der Waals surface area contributed by atoms with Gasteiger partial charge in [-0.3, -0.25) is 14.2 Å². The lowest BCUT2D eigenvalue weighted by Crippen LogP contribution is -2.53. The minimum Gasteiger partial charge on any atom is -0.329 e. The smallest absolute Gasteiger partial charge is 0.255 e. The van der Waals surface area contributed by atoms with Gasteiger partial charge in [-0.2, -0.15) is 0 Å². The van der Waals surface area contributed by atoms with Gasteiger partial charge in [-0.15, -0.1) is 0 Å². The summed E-state index contributed by atoms with van der Waals surface area (Å²) in [6.07, 6.45) is 3.67. The van der Waals surface area contributed by atoms with Crippen LogP contribution < -0.4 is 10.5 Å². The van der Waals surface area contributed by atoms with Crippen LogP contribution in [0.4, 0.5) is 10.3 Å². The fourth-order valence-electron chi connectivity index (χ4n) is 3.43. The Kier molecular flexibility index (Phi) is 4.70. The monoisotopic (exact) mass is 393 g/mol. The Bertz CT molecular complexity index is 1110. The Labute approximate surface area is 166 Å². The topological polar surface area (TPSA) is 81.0 Å². The molecule has 0 amide bonds. The average Bonchev–Trinajstić information content (AvgIpc) is 2.71. The van der Waals surface area contributed by atoms with E-state index in [0.717, 1.165) is 0 Å². The number of hydrogen-bond acceptors (Lipinski definition) is 6. The van der Waals surface area contributed by atoms with Crippen LogP contribution in [0.1, 0.15) is 30.6 Å². The first-order valence-corrected chi connectivity index (χ1v) is 9.30. The van der Waals surface area contributed by atoms with Crippen molar-refractivity contribution in [3.63, 3.8) is 0 Å². The van der Waals surface area contributed by atoms with Crippen molar-refractivity contribution < 1.29 is 9.18 Å². The van der Waals surface area contributed by atoms with E-state index >= 15 is 0 Å². The van der Waals surface area contributed by atoms with Gasteiger partial charge in [0.15, 0.2) is 5.78 Å². The van der Waals surface area contributed by atoms with E-state index < -0.39 is 5.82 Å². The van der Waals surface area contributed by atoms with Crippen molar-refractivity contribution in [3.05, 3.63) is 70.7 Å². The van der Waals surface area contributed by atoms with Crippen LogP contribution in [0.2, 0.25) is 0 Å². The summed E-state index contributed by atoms with van der Waals surface area (Å²) in [7, 11) is 0. The molecule has 0 radical (unpaired) electrons. The zero-order chi connectivity index (χ0) is 20.6. The fraction of sp³-hybridized carbons (Fsp3) is 0.286. The second kappa shape index (κ2) is 7.20. The van der Waals surface area contributed by atoms with Crippen molar-refractivity contribution in [2.75, 3.05) is 11.4 Å². The van der Waals surface area contributed by atoms with Crippen LogP contribution in [0.3, 0.4) is 0 Å². The first-order valence-electron chi connectivity index (χ1n) is 9.30. The van der Waals surface area contributed by atoms with Crippen molar-refractivity contribution in [1.29, 1.82) is 0 Å². The van der Waals surface area contributed by atoms with Crippen LogP contribution in [0.5, 0.6) is 0 Å². The molecule has 0 aliphatic carbocycles. The van der Waals surface area contributed by atoms with Gasteiger partial charge in [0.05, 0.1) is 17.9 Å². The second-order valence-corrected chi connectivity index (χ2v) is 7.60. The third-order valence-corrected chi connectivity index (χ3v) is 5.22. The Hall–Kier alpha value is -3.42. The minimum absolute atomic E-state index is 0.0261. The fourth-order valence-corrected chi connectivity index (χ4v) is 3.43. The average molecular weight is 393 g/mol. The molecule has 4 rings (SSSR count). The number of halogens is 1. The van der Waals surface area contributed by atoms with Crippen LogP contribution in [0.15, 0.2) is 53.7 Å². The van der Waals surface area contributed by atoms with Gasteiger partial charge in [-0.25, -0.2) is 19.3 Å². The van der Waals surface area contributed by atoms with Gasteiger partial charge in [-0.05, 0) is 50.6 Å². The molecule has 1 aliphatic rings. The molecular weight excluding hydrogens is 373 g/mol. The lowest BCUT2D eigenvalue weighted by atomic mass is 9.95. The number of carbonyl (C=O) groups is 1. The normalized spacial score (nSPS) is 15.1. The number of rotatable bonds is 4. The minimum atomic E-state index is -0.395. The molecule has 0 spiro atoms. The number of carbonyl (C=O) groups excluding carboxylic acids is 1. The molecule has 0 saturated heterocycles. The largest absolute Gasteiger partial charge is 0.329 e. The van der Waals surface area contributed by atoms with E-state index in [2.05, 4.69) is 15.0 Å². The maximum absolute atomic E-state index is 13.2. The zero-order valence-electron chi connectivity index (χ0n) is 16.2. The van der Waals surface area contributed by atoms with E-state index in [9.17, 15) is 14.0 Å². The van der Waals surface area contributed by atoms with Crippen LogP contribution in [0, 0.1) is 5.82 Å². The van der Waals surface area contributed by atoms with Crippen molar-refractivity contribution in [2.24, 2.45) is 0 Å². The summed E-state index contributed by atoms with van der Waals surface area (Å²) in [6.45, 7) is 4.56. The summed E-state index contributed by atoms with van der Waals surface area (Å²) < 4.78 is 14.8. The van der Waals surface area contributed by atoms with Gasteiger partial charge >= 0.3 is 0 Å². The third kappa shape index (κ3) is 3.65. The van der Waals surface area contributed by atoms with E-state index in [4.69, 9.17) is 0 Å². The molecular formula is C21H20FN5O2. The molecule has 8 heteroatoms. The van der Waals surface area contributed by atoms with Gasteiger partial charge in [0.2, 0.25) is 5.95 Å². The third-order valence-electron chi connectivity index (χ3n) is 5.22. The number of anilines is 1. The highest BCUT2D eigenvalue weighted by Gasteiger charge is 2.36. The molecule has 3 heterocycles. The maximum Gasteiger partial charge on any atom is 0.255 e. The molecule has 0 N–H and O–H groups in total. The molecule has 3 aromatic rings. The molecule has 0 bridgehead atoms. The van der Waals surface area contributed by atoms with Crippen LogP contribution in [-0.2, 0) is 6.54 Å². The Balaban J connectivity index is 1.76. The number of hydrogen-bond donors (Lipinski definition) is 0. The lowest BCUT2D eigenvalue weighted by Gasteiger charge is -2.43. The van der Waals surface area contributed by atoms with E-state index in [0.29, 0.717) is 35.9 Å². The predicted molar refractivity (Wildman–Crippen MR) is 106 cm³/mol. The molecule has 0 fully saturated rings. The molecule has 1 aromatic carbocycles. The molecule has 29 heavy (non-hydrogen) atoms. The Morgan fingerprint density at radius 3 is 2.62 bits per heavy atom. The summed E-state index contributed by atoms with van der Waals surface area (Å²) in [6, 6.07) is 8.58. The lowest BCUT2D eigenvalue weighted by molar-refractivity contribution is 0.0989. The summed E-state index contributed by atoms with van der Waals surface area (Å²) in [4.78, 5) is 40.2. The maximum atomic E-state index is 13.2. The molecule has 1 aliphatic heterocycles. The zero-order valence-corrected chi connectivity index (χ0v) is 16.2. The number of ketones is 1. The van der Waals surface area contributed by atoms with Crippen molar-refractivity contribution in [1.82, 2.24) is 19.5 Å². The molecule has 148 valence electrons. The molecule has 0 saturated carbocycles. The van der Waals surface area contributed by atoms with Crippen LogP contribution >= 0.6 is 0 Å². The summed E-state index contributed by atoms with van der Waals surface area (Å²) in [5.74, 6) is -0.140. The Morgan fingerprint density at radius 2 is 1.93 bits per heavy atom. The number of nitrogens with zero attached hydrogens (tertiary/aromatic N) is 5. The highest BCUT2D eigenvalue weighted by molar-refractivity contribution is 5.99. The molecule has 0 atom stereocenters. The highest BCUT2D eigenvalue weighted by Crippen LogP contribution is 2.31. The van der Waals surface area contributed by atoms with E-state index in [1.54, 1.807) is 16.8 Å². The van der Waals surface area contributed by atoms with Crippen molar-refractivity contribution in [3.8, 4) is 11.4 Å². The SMILES string of the molecule is CC1(C)CCn2c(nc(-c3ccncn3)cc2=O)N1CC(=O)c1ccc(F)cc1. The predicted octanol–water partition coefficient (Wildman–Crippen LogP) is 2.71. The van der Waals surface area contributed by atoms with Gasteiger partial charge in [-0.1, -0.05) is 0 Å². The van der Waals surface area contributed by atoms with Gasteiger partial charge < -0.3 is 4.90 Å². The van der Waals surface area contributed by atoms with E-state index in [1.165, 1.54) is 36.7 Å². The molecule has 0 unspecified atom stereocenters. The quantitative estimate of drug-likeness (QED) is 0.634. The number of Topliss-reactive ketones (excluding diaryl/α,β-unsaturated/α-hetero) is 1. The van der Waals surface area contributed by atoms with E-state index in [-0.39, 0.29) is 23.4 Å². The van der Waals surface area contributed by atoms with Gasteiger partial charge in [0.1, 0.15) is 12.1 Å². The Morgan fingerprint density at radius 1 is 1.17 bits per heavy atom. The van der Waals surface area contributed by atoms with Gasteiger partial charge in [0, 0.05) is 29.9 Å². The van der Waals surface area contributed by atoms with E-state index in [1.807, 2.05) is 18.7 Å². The van der Waals surface area contributed by atoms with Crippen LogP contribution in [0.25, 0.3) is 11.4 Å². The van der Waals surface area contributed by atoms with Crippen molar-refractivity contribution >= 4 is 11.7 Å². The summed E-state index contributed by atoms with van der Waals surface area (Å²) in [5.41, 5.74) is 0.792. The second-order valence-electron chi connectivity index (χ2n) is 7.60. The number of fused-ring (bicyclic) bond motifs is 1. The summed E-state index contributed by atoms with van der Waals surface area (Å²) in [5, 5.41) is 0. The van der Waals surface area contributed by atoms with Crippen LogP contribution in [-0.4, -0.2) is 37.4 Å². The van der Waals surface area contributed by atoms with Crippen molar-refractivity contribution in [2.45, 2.75) is 32.4 Å². The highest BCUT2D eigenvalue weighted by atomic mass is 19.1. The standard InChI is InChI=1S/C21H20FN5O2/c1-21(2)8-10-26-19(29)11-17(16-7-9-23-13-24-16)25-20(26)27(21)12-18(28)14-3-5-15(22)6-4-14/h3-7,9,11,13H,8,10,12H2,1-2H3. The molecule has 7 nitrogen and oxygen atoms in total. The first-order chi connectivity index (χ1) is 13.8. The first kappa shape index (κ1) is 18.9. The number of aromatic nitrogens is 4.